The van der Waals surface area contributed by atoms with Crippen LogP contribution in [0.25, 0.3) is 0 Å². The van der Waals surface area contributed by atoms with Crippen molar-refractivity contribution in [3.8, 4) is 0 Å². The molecule has 3 nitrogen and oxygen atoms in total. The maximum Gasteiger partial charge on any atom is 0.0662 e. The number of aryl methyl sites for hydroxylation is 1. The van der Waals surface area contributed by atoms with E-state index in [1.165, 1.54) is 16.8 Å². The van der Waals surface area contributed by atoms with Gasteiger partial charge in [0.1, 0.15) is 0 Å². The molecule has 0 saturated heterocycles. The van der Waals surface area contributed by atoms with Crippen molar-refractivity contribution >= 4 is 0 Å². The molecule has 0 amide bonds. The van der Waals surface area contributed by atoms with Crippen molar-refractivity contribution in [3.05, 3.63) is 52.8 Å². The summed E-state index contributed by atoms with van der Waals surface area (Å²) in [6.45, 7) is 9.10. The summed E-state index contributed by atoms with van der Waals surface area (Å²) in [7, 11) is 0. The third-order valence-corrected chi connectivity index (χ3v) is 3.26. The summed E-state index contributed by atoms with van der Waals surface area (Å²) in [5, 5.41) is 8.01. The molecule has 0 radical (unpaired) electrons. The number of benzene rings is 1. The van der Waals surface area contributed by atoms with Crippen LogP contribution in [0, 0.1) is 13.8 Å². The van der Waals surface area contributed by atoms with Gasteiger partial charge in [-0.3, -0.25) is 4.68 Å². The van der Waals surface area contributed by atoms with Crippen LogP contribution in [0.3, 0.4) is 0 Å². The van der Waals surface area contributed by atoms with Crippen molar-refractivity contribution in [1.29, 1.82) is 0 Å². The molecule has 0 atom stereocenters. The van der Waals surface area contributed by atoms with Crippen molar-refractivity contribution in [1.82, 2.24) is 15.1 Å². The van der Waals surface area contributed by atoms with E-state index < -0.39 is 0 Å². The molecule has 2 aromatic rings. The fourth-order valence-electron chi connectivity index (χ4n) is 2.15. The predicted octanol–water partition coefficient (Wildman–Crippen LogP) is 2.66. The van der Waals surface area contributed by atoms with E-state index >= 15 is 0 Å². The van der Waals surface area contributed by atoms with E-state index in [-0.39, 0.29) is 0 Å². The summed E-state index contributed by atoms with van der Waals surface area (Å²) in [4.78, 5) is 0. The zero-order valence-corrected chi connectivity index (χ0v) is 11.4. The number of nitrogens with zero attached hydrogens (tertiary/aromatic N) is 2. The fraction of sp³-hybridized carbons (Fsp3) is 0.400. The Morgan fingerprint density at radius 2 is 1.89 bits per heavy atom. The summed E-state index contributed by atoms with van der Waals surface area (Å²) in [6.07, 6.45) is 0. The van der Waals surface area contributed by atoms with Crippen LogP contribution in [0.4, 0.5) is 0 Å². The second-order valence-electron chi connectivity index (χ2n) is 4.57. The van der Waals surface area contributed by atoms with Crippen LogP contribution in [0.2, 0.25) is 0 Å². The molecule has 1 aromatic carbocycles. The van der Waals surface area contributed by atoms with E-state index in [4.69, 9.17) is 0 Å². The van der Waals surface area contributed by atoms with Gasteiger partial charge < -0.3 is 5.32 Å². The molecule has 0 aliphatic rings. The average Bonchev–Trinajstić information content (AvgIpc) is 2.64. The predicted molar refractivity (Wildman–Crippen MR) is 74.6 cm³/mol. The number of hydrogen-bond acceptors (Lipinski definition) is 2. The molecular weight excluding hydrogens is 222 g/mol. The van der Waals surface area contributed by atoms with Gasteiger partial charge in [0.25, 0.3) is 0 Å². The van der Waals surface area contributed by atoms with Crippen molar-refractivity contribution in [2.75, 3.05) is 6.54 Å². The van der Waals surface area contributed by atoms with Gasteiger partial charge in [-0.15, -0.1) is 0 Å². The van der Waals surface area contributed by atoms with Gasteiger partial charge in [0, 0.05) is 17.8 Å². The number of aromatic nitrogens is 2. The van der Waals surface area contributed by atoms with Crippen LogP contribution in [-0.4, -0.2) is 16.3 Å². The Balaban J connectivity index is 2.19. The van der Waals surface area contributed by atoms with Gasteiger partial charge in [0.15, 0.2) is 0 Å². The molecule has 96 valence electrons. The summed E-state index contributed by atoms with van der Waals surface area (Å²) in [6, 6.07) is 10.5. The molecule has 0 aliphatic heterocycles. The van der Waals surface area contributed by atoms with Crippen LogP contribution < -0.4 is 5.32 Å². The highest BCUT2D eigenvalue weighted by atomic mass is 15.3. The van der Waals surface area contributed by atoms with Crippen molar-refractivity contribution in [2.24, 2.45) is 0 Å². The maximum atomic E-state index is 4.64. The Bertz CT molecular complexity index is 500. The highest BCUT2D eigenvalue weighted by Gasteiger charge is 2.10. The number of rotatable bonds is 5. The zero-order chi connectivity index (χ0) is 13.0. The third kappa shape index (κ3) is 2.79. The van der Waals surface area contributed by atoms with E-state index in [1.54, 1.807) is 0 Å². The van der Waals surface area contributed by atoms with Crippen LogP contribution in [0.1, 0.15) is 29.4 Å². The molecule has 0 unspecified atom stereocenters. The molecule has 0 bridgehead atoms. The lowest BCUT2D eigenvalue weighted by Gasteiger charge is -2.06. The minimum absolute atomic E-state index is 0.847. The number of nitrogens with one attached hydrogen (secondary N) is 1. The molecule has 0 spiro atoms. The second kappa shape index (κ2) is 5.83. The summed E-state index contributed by atoms with van der Waals surface area (Å²) in [5.74, 6) is 0. The van der Waals surface area contributed by atoms with Crippen molar-refractivity contribution in [2.45, 2.75) is 33.9 Å². The van der Waals surface area contributed by atoms with Gasteiger partial charge in [-0.05, 0) is 26.0 Å². The minimum atomic E-state index is 0.847. The maximum absolute atomic E-state index is 4.64. The average molecular weight is 243 g/mol. The molecule has 3 heteroatoms. The van der Waals surface area contributed by atoms with Crippen molar-refractivity contribution in [3.63, 3.8) is 0 Å². The smallest absolute Gasteiger partial charge is 0.0662 e. The van der Waals surface area contributed by atoms with Crippen LogP contribution in [0.15, 0.2) is 30.3 Å². The zero-order valence-electron chi connectivity index (χ0n) is 11.4. The standard InChI is InChI=1S/C15H21N3/c1-4-16-10-15-12(2)17-18(13(15)3)11-14-8-6-5-7-9-14/h5-9,16H,4,10-11H2,1-3H3. The fourth-order valence-corrected chi connectivity index (χ4v) is 2.15. The van der Waals surface area contributed by atoms with Gasteiger partial charge in [-0.1, -0.05) is 37.3 Å². The third-order valence-electron chi connectivity index (χ3n) is 3.26. The molecule has 0 aliphatic carbocycles. The Kier molecular flexibility index (Phi) is 4.15. The van der Waals surface area contributed by atoms with Crippen molar-refractivity contribution < 1.29 is 0 Å². The first-order valence-corrected chi connectivity index (χ1v) is 6.50. The van der Waals surface area contributed by atoms with Gasteiger partial charge in [0.2, 0.25) is 0 Å². The lowest BCUT2D eigenvalue weighted by atomic mass is 10.2. The Labute approximate surface area is 109 Å². The van der Waals surface area contributed by atoms with Gasteiger partial charge >= 0.3 is 0 Å². The van der Waals surface area contributed by atoms with E-state index in [9.17, 15) is 0 Å². The second-order valence-corrected chi connectivity index (χ2v) is 4.57. The lowest BCUT2D eigenvalue weighted by Crippen LogP contribution is -2.13. The Morgan fingerprint density at radius 3 is 2.56 bits per heavy atom. The lowest BCUT2D eigenvalue weighted by molar-refractivity contribution is 0.655. The van der Waals surface area contributed by atoms with Crippen LogP contribution in [-0.2, 0) is 13.1 Å². The first-order valence-electron chi connectivity index (χ1n) is 6.50. The SMILES string of the molecule is CCNCc1c(C)nn(Cc2ccccc2)c1C. The van der Waals surface area contributed by atoms with Gasteiger partial charge in [-0.2, -0.15) is 5.10 Å². The monoisotopic (exact) mass is 243 g/mol. The minimum Gasteiger partial charge on any atom is -0.313 e. The van der Waals surface area contributed by atoms with E-state index in [0.717, 1.165) is 25.3 Å². The Hall–Kier alpha value is -1.61. The summed E-state index contributed by atoms with van der Waals surface area (Å²) < 4.78 is 2.09. The number of hydrogen-bond donors (Lipinski definition) is 1. The highest BCUT2D eigenvalue weighted by molar-refractivity contribution is 5.25. The van der Waals surface area contributed by atoms with Gasteiger partial charge in [0.05, 0.1) is 12.2 Å². The molecule has 2 rings (SSSR count). The molecule has 1 N–H and O–H groups in total. The van der Waals surface area contributed by atoms with E-state index in [0.29, 0.717) is 0 Å². The summed E-state index contributed by atoms with van der Waals surface area (Å²) >= 11 is 0. The van der Waals surface area contributed by atoms with Gasteiger partial charge in [-0.25, -0.2) is 0 Å². The molecule has 1 heterocycles. The van der Waals surface area contributed by atoms with Crippen LogP contribution in [0.5, 0.6) is 0 Å². The Morgan fingerprint density at radius 1 is 1.17 bits per heavy atom. The van der Waals surface area contributed by atoms with E-state index in [1.807, 2.05) is 6.07 Å². The quantitative estimate of drug-likeness (QED) is 0.875. The molecule has 18 heavy (non-hydrogen) atoms. The first kappa shape index (κ1) is 12.8. The van der Waals surface area contributed by atoms with E-state index in [2.05, 4.69) is 60.1 Å². The highest BCUT2D eigenvalue weighted by Crippen LogP contribution is 2.14. The normalized spacial score (nSPS) is 10.8. The topological polar surface area (TPSA) is 29.9 Å². The molecule has 0 saturated carbocycles. The molecule has 0 fully saturated rings. The molecule has 1 aromatic heterocycles. The summed E-state index contributed by atoms with van der Waals surface area (Å²) in [5.41, 5.74) is 5.01. The van der Waals surface area contributed by atoms with Crippen LogP contribution >= 0.6 is 0 Å². The molecular formula is C15H21N3. The largest absolute Gasteiger partial charge is 0.313 e. The first-order chi connectivity index (χ1) is 8.72.